The van der Waals surface area contributed by atoms with Gasteiger partial charge in [0.2, 0.25) is 0 Å². The number of carbonyl (C=O) groups excluding carboxylic acids is 2. The number of carbonyl (C=O) groups is 2. The van der Waals surface area contributed by atoms with E-state index in [-0.39, 0.29) is 17.4 Å². The van der Waals surface area contributed by atoms with E-state index >= 15 is 0 Å². The van der Waals surface area contributed by atoms with Crippen molar-refractivity contribution in [1.29, 1.82) is 0 Å². The van der Waals surface area contributed by atoms with Gasteiger partial charge in [-0.1, -0.05) is 34.1 Å². The zero-order valence-electron chi connectivity index (χ0n) is 14.4. The normalized spacial score (nSPS) is 24.7. The fourth-order valence-corrected chi connectivity index (χ4v) is 4.69. The summed E-state index contributed by atoms with van der Waals surface area (Å²) in [6.07, 6.45) is 1.75. The number of Topliss-reactive ketones (excluding diaryl/α,β-unsaturated/α-hetero) is 1. The van der Waals surface area contributed by atoms with Gasteiger partial charge in [-0.25, -0.2) is 0 Å². The van der Waals surface area contributed by atoms with Gasteiger partial charge in [0.1, 0.15) is 5.76 Å². The lowest BCUT2D eigenvalue weighted by Crippen LogP contribution is -2.36. The number of rotatable bonds is 4. The van der Waals surface area contributed by atoms with E-state index in [0.717, 1.165) is 22.2 Å². The number of hydrogen-bond acceptors (Lipinski definition) is 5. The molecular weight excluding hydrogens is 430 g/mol. The number of halogens is 1. The zero-order chi connectivity index (χ0) is 19.0. The Hall–Kier alpha value is -1.96. The van der Waals surface area contributed by atoms with Crippen molar-refractivity contribution in [3.63, 3.8) is 0 Å². The Bertz CT molecular complexity index is 885. The van der Waals surface area contributed by atoms with E-state index in [1.165, 1.54) is 11.3 Å². The van der Waals surface area contributed by atoms with Crippen LogP contribution in [-0.4, -0.2) is 41.0 Å². The van der Waals surface area contributed by atoms with E-state index in [2.05, 4.69) is 15.9 Å². The Morgan fingerprint density at radius 2 is 2.04 bits per heavy atom. The van der Waals surface area contributed by atoms with Gasteiger partial charge in [-0.2, -0.15) is 0 Å². The highest BCUT2D eigenvalue weighted by Gasteiger charge is 2.47. The highest BCUT2D eigenvalue weighted by Crippen LogP contribution is 2.41. The molecule has 1 amide bonds. The molecule has 1 N–H and O–H groups in total. The van der Waals surface area contributed by atoms with E-state index in [1.54, 1.807) is 29.2 Å². The second-order valence-electron chi connectivity index (χ2n) is 6.61. The average Bonchev–Trinajstić information content (AvgIpc) is 3.40. The molecule has 2 atom stereocenters. The average molecular weight is 448 g/mol. The summed E-state index contributed by atoms with van der Waals surface area (Å²) in [7, 11) is 0. The van der Waals surface area contributed by atoms with Crippen molar-refractivity contribution in [3.8, 4) is 0 Å². The lowest BCUT2D eigenvalue weighted by atomic mass is 10.00. The molecule has 2 aliphatic rings. The number of aliphatic hydroxyl groups is 1. The van der Waals surface area contributed by atoms with Crippen LogP contribution in [0, 0.1) is 0 Å². The maximum atomic E-state index is 12.8. The molecule has 3 heterocycles. The number of amides is 1. The molecule has 2 fully saturated rings. The van der Waals surface area contributed by atoms with E-state index < -0.39 is 17.7 Å². The molecule has 1 aromatic carbocycles. The molecule has 0 bridgehead atoms. The standard InChI is InChI=1S/C20H18BrNO4S/c21-13-7-5-12(6-8-13)18(23)16-17(15-4-2-10-27-15)22(20(25)19(16)24)11-14-3-1-9-26-14/h2,4-8,10,14,17,23H,1,3,9,11H2/t14-,17-/m0/s1. The molecule has 2 aromatic rings. The largest absolute Gasteiger partial charge is 0.507 e. The maximum absolute atomic E-state index is 12.8. The van der Waals surface area contributed by atoms with Gasteiger partial charge in [0.05, 0.1) is 17.7 Å². The third-order valence-corrected chi connectivity index (χ3v) is 6.35. The summed E-state index contributed by atoms with van der Waals surface area (Å²) in [5, 5.41) is 12.8. The number of likely N-dealkylation sites (tertiary alicyclic amines) is 1. The maximum Gasteiger partial charge on any atom is 0.295 e. The van der Waals surface area contributed by atoms with Gasteiger partial charge in [0, 0.05) is 28.1 Å². The van der Waals surface area contributed by atoms with Gasteiger partial charge in [-0.15, -0.1) is 11.3 Å². The van der Waals surface area contributed by atoms with E-state index in [1.807, 2.05) is 17.5 Å². The summed E-state index contributed by atoms with van der Waals surface area (Å²) in [5.74, 6) is -1.37. The highest BCUT2D eigenvalue weighted by molar-refractivity contribution is 9.10. The second kappa shape index (κ2) is 7.58. The first-order chi connectivity index (χ1) is 13.1. The third-order valence-electron chi connectivity index (χ3n) is 4.89. The molecule has 1 aromatic heterocycles. The predicted molar refractivity (Wildman–Crippen MR) is 106 cm³/mol. The first-order valence-electron chi connectivity index (χ1n) is 8.75. The van der Waals surface area contributed by atoms with E-state index in [4.69, 9.17) is 4.74 Å². The molecule has 5 nitrogen and oxygen atoms in total. The number of thiophene rings is 1. The van der Waals surface area contributed by atoms with Crippen LogP contribution in [0.1, 0.15) is 29.3 Å². The van der Waals surface area contributed by atoms with Crippen molar-refractivity contribution in [2.45, 2.75) is 25.0 Å². The summed E-state index contributed by atoms with van der Waals surface area (Å²) in [6.45, 7) is 1.03. The zero-order valence-corrected chi connectivity index (χ0v) is 16.8. The number of aliphatic hydroxyl groups excluding tert-OH is 1. The molecular formula is C20H18BrNO4S. The Labute approximate surface area is 169 Å². The van der Waals surface area contributed by atoms with E-state index in [9.17, 15) is 14.7 Å². The van der Waals surface area contributed by atoms with Gasteiger partial charge in [-0.05, 0) is 36.4 Å². The molecule has 140 valence electrons. The van der Waals surface area contributed by atoms with Crippen LogP contribution in [0.25, 0.3) is 5.76 Å². The molecule has 0 saturated carbocycles. The Balaban J connectivity index is 1.78. The molecule has 0 spiro atoms. The summed E-state index contributed by atoms with van der Waals surface area (Å²) in [6, 6.07) is 10.2. The summed E-state index contributed by atoms with van der Waals surface area (Å²) in [5.41, 5.74) is 0.651. The predicted octanol–water partition coefficient (Wildman–Crippen LogP) is 4.11. The van der Waals surface area contributed by atoms with Gasteiger partial charge >= 0.3 is 0 Å². The van der Waals surface area contributed by atoms with Crippen LogP contribution in [0.4, 0.5) is 0 Å². The van der Waals surface area contributed by atoms with Gasteiger partial charge in [0.25, 0.3) is 11.7 Å². The molecule has 7 heteroatoms. The Kier molecular flexibility index (Phi) is 5.16. The lowest BCUT2D eigenvalue weighted by molar-refractivity contribution is -0.140. The number of nitrogens with zero attached hydrogens (tertiary/aromatic N) is 1. The first-order valence-corrected chi connectivity index (χ1v) is 10.4. The highest BCUT2D eigenvalue weighted by atomic mass is 79.9. The molecule has 4 rings (SSSR count). The van der Waals surface area contributed by atoms with E-state index in [0.29, 0.717) is 18.7 Å². The first kappa shape index (κ1) is 18.4. The molecule has 2 aliphatic heterocycles. The molecule has 0 radical (unpaired) electrons. The molecule has 27 heavy (non-hydrogen) atoms. The van der Waals surface area contributed by atoms with Crippen molar-refractivity contribution in [2.75, 3.05) is 13.2 Å². The minimum Gasteiger partial charge on any atom is -0.507 e. The van der Waals surface area contributed by atoms with Crippen molar-refractivity contribution in [1.82, 2.24) is 4.90 Å². The summed E-state index contributed by atoms with van der Waals surface area (Å²) < 4.78 is 6.54. The molecule has 0 unspecified atom stereocenters. The molecule has 2 saturated heterocycles. The number of ether oxygens (including phenoxy) is 1. The number of ketones is 1. The Morgan fingerprint density at radius 1 is 1.26 bits per heavy atom. The van der Waals surface area contributed by atoms with Crippen molar-refractivity contribution in [3.05, 3.63) is 62.3 Å². The fourth-order valence-electron chi connectivity index (χ4n) is 3.58. The minimum atomic E-state index is -0.646. The molecule has 0 aliphatic carbocycles. The van der Waals surface area contributed by atoms with Crippen molar-refractivity contribution >= 4 is 44.7 Å². The Morgan fingerprint density at radius 3 is 2.67 bits per heavy atom. The van der Waals surface area contributed by atoms with Crippen LogP contribution in [-0.2, 0) is 14.3 Å². The van der Waals surface area contributed by atoms with Crippen LogP contribution < -0.4 is 0 Å². The second-order valence-corrected chi connectivity index (χ2v) is 8.50. The minimum absolute atomic E-state index is 0.0709. The summed E-state index contributed by atoms with van der Waals surface area (Å²) >= 11 is 4.83. The fraction of sp³-hybridized carbons (Fsp3) is 0.300. The number of hydrogen-bond donors (Lipinski definition) is 1. The van der Waals surface area contributed by atoms with Gasteiger partial charge in [-0.3, -0.25) is 9.59 Å². The van der Waals surface area contributed by atoms with Crippen LogP contribution >= 0.6 is 27.3 Å². The van der Waals surface area contributed by atoms with Gasteiger partial charge < -0.3 is 14.7 Å². The van der Waals surface area contributed by atoms with Crippen molar-refractivity contribution < 1.29 is 19.4 Å². The van der Waals surface area contributed by atoms with Gasteiger partial charge in [0.15, 0.2) is 0 Å². The summed E-state index contributed by atoms with van der Waals surface area (Å²) in [4.78, 5) is 28.0. The van der Waals surface area contributed by atoms with Crippen LogP contribution in [0.2, 0.25) is 0 Å². The lowest BCUT2D eigenvalue weighted by Gasteiger charge is -2.26. The van der Waals surface area contributed by atoms with Crippen LogP contribution in [0.5, 0.6) is 0 Å². The van der Waals surface area contributed by atoms with Crippen molar-refractivity contribution in [2.24, 2.45) is 0 Å². The monoisotopic (exact) mass is 447 g/mol. The number of benzene rings is 1. The topological polar surface area (TPSA) is 66.8 Å². The quantitative estimate of drug-likeness (QED) is 0.434. The van der Waals surface area contributed by atoms with Crippen LogP contribution in [0.15, 0.2) is 51.8 Å². The van der Waals surface area contributed by atoms with Crippen LogP contribution in [0.3, 0.4) is 0 Å². The third kappa shape index (κ3) is 3.47. The smallest absolute Gasteiger partial charge is 0.295 e. The SMILES string of the molecule is O=C1C(=O)N(C[C@@H]2CCCO2)[C@@H](c2cccs2)C1=C(O)c1ccc(Br)cc1.